The molecule has 2 rings (SSSR count). The van der Waals surface area contributed by atoms with E-state index < -0.39 is 0 Å². The molecule has 2 N–H and O–H groups in total. The van der Waals surface area contributed by atoms with E-state index in [4.69, 9.17) is 5.73 Å². The first-order chi connectivity index (χ1) is 8.79. The quantitative estimate of drug-likeness (QED) is 0.785. The van der Waals surface area contributed by atoms with E-state index in [0.29, 0.717) is 5.92 Å². The van der Waals surface area contributed by atoms with Crippen molar-refractivity contribution in [1.82, 2.24) is 9.80 Å². The Morgan fingerprint density at radius 2 is 1.94 bits per heavy atom. The Labute approximate surface area is 113 Å². The zero-order valence-electron chi connectivity index (χ0n) is 12.1. The molecule has 0 saturated carbocycles. The second-order valence-corrected chi connectivity index (χ2v) is 6.32. The van der Waals surface area contributed by atoms with Crippen molar-refractivity contribution in [2.75, 3.05) is 39.3 Å². The van der Waals surface area contributed by atoms with Crippen molar-refractivity contribution in [2.24, 2.45) is 11.7 Å². The molecule has 0 radical (unpaired) electrons. The van der Waals surface area contributed by atoms with E-state index in [1.165, 1.54) is 71.2 Å². The number of piperidine rings is 1. The number of nitrogens with two attached hydrogens (primary N) is 1. The van der Waals surface area contributed by atoms with Crippen molar-refractivity contribution in [2.45, 2.75) is 51.5 Å². The molecule has 2 unspecified atom stereocenters. The van der Waals surface area contributed by atoms with Crippen molar-refractivity contribution in [1.29, 1.82) is 0 Å². The predicted octanol–water partition coefficient (Wildman–Crippen LogP) is 1.92. The molecule has 0 spiro atoms. The number of rotatable bonds is 6. The van der Waals surface area contributed by atoms with E-state index >= 15 is 0 Å². The molecule has 0 aliphatic carbocycles. The van der Waals surface area contributed by atoms with Gasteiger partial charge in [0.15, 0.2) is 0 Å². The molecular formula is C15H31N3. The summed E-state index contributed by atoms with van der Waals surface area (Å²) < 4.78 is 0. The highest BCUT2D eigenvalue weighted by atomic mass is 15.3. The monoisotopic (exact) mass is 253 g/mol. The SMILES string of the molecule is CC(CN)CCCN1CCC(N2CCCCC2)C1. The third-order valence-corrected chi connectivity index (χ3v) is 4.73. The second kappa shape index (κ2) is 7.46. The summed E-state index contributed by atoms with van der Waals surface area (Å²) >= 11 is 0. The Morgan fingerprint density at radius 1 is 1.17 bits per heavy atom. The first-order valence-electron chi connectivity index (χ1n) is 7.96. The summed E-state index contributed by atoms with van der Waals surface area (Å²) in [5.74, 6) is 0.700. The molecule has 2 saturated heterocycles. The summed E-state index contributed by atoms with van der Waals surface area (Å²) in [5, 5.41) is 0. The van der Waals surface area contributed by atoms with Crippen LogP contribution in [0.3, 0.4) is 0 Å². The van der Waals surface area contributed by atoms with Crippen LogP contribution in [0, 0.1) is 5.92 Å². The first kappa shape index (κ1) is 14.3. The summed E-state index contributed by atoms with van der Waals surface area (Å²) in [6.45, 7) is 9.73. The van der Waals surface area contributed by atoms with Gasteiger partial charge in [-0.1, -0.05) is 13.3 Å². The molecule has 2 aliphatic heterocycles. The Balaban J connectivity index is 1.62. The highest BCUT2D eigenvalue weighted by Gasteiger charge is 2.27. The van der Waals surface area contributed by atoms with Crippen molar-refractivity contribution < 1.29 is 0 Å². The Bertz CT molecular complexity index is 226. The number of likely N-dealkylation sites (tertiary alicyclic amines) is 2. The maximum absolute atomic E-state index is 5.67. The lowest BCUT2D eigenvalue weighted by molar-refractivity contribution is 0.161. The lowest BCUT2D eigenvalue weighted by Gasteiger charge is -2.32. The van der Waals surface area contributed by atoms with Gasteiger partial charge >= 0.3 is 0 Å². The summed E-state index contributed by atoms with van der Waals surface area (Å²) in [6.07, 6.45) is 8.30. The molecule has 2 fully saturated rings. The van der Waals surface area contributed by atoms with Crippen molar-refractivity contribution >= 4 is 0 Å². The minimum atomic E-state index is 0.700. The molecule has 0 amide bonds. The predicted molar refractivity (Wildman–Crippen MR) is 77.7 cm³/mol. The second-order valence-electron chi connectivity index (χ2n) is 6.32. The molecule has 2 atom stereocenters. The minimum Gasteiger partial charge on any atom is -0.330 e. The van der Waals surface area contributed by atoms with Gasteiger partial charge in [0.25, 0.3) is 0 Å². The van der Waals surface area contributed by atoms with Crippen LogP contribution in [0.2, 0.25) is 0 Å². The highest BCUT2D eigenvalue weighted by Crippen LogP contribution is 2.20. The van der Waals surface area contributed by atoms with Gasteiger partial charge in [-0.3, -0.25) is 4.90 Å². The fraction of sp³-hybridized carbons (Fsp3) is 1.00. The van der Waals surface area contributed by atoms with E-state index in [9.17, 15) is 0 Å². The van der Waals surface area contributed by atoms with Crippen LogP contribution in [0.5, 0.6) is 0 Å². The van der Waals surface area contributed by atoms with E-state index in [1.807, 2.05) is 0 Å². The standard InChI is InChI=1S/C15H31N3/c1-14(12-16)6-5-8-17-11-7-15(13-17)18-9-3-2-4-10-18/h14-15H,2-13,16H2,1H3. The Morgan fingerprint density at radius 3 is 2.67 bits per heavy atom. The maximum Gasteiger partial charge on any atom is 0.0235 e. The van der Waals surface area contributed by atoms with Gasteiger partial charge in [-0.25, -0.2) is 0 Å². The fourth-order valence-electron chi connectivity index (χ4n) is 3.38. The normalized spacial score (nSPS) is 28.7. The molecule has 0 aromatic rings. The Hall–Kier alpha value is -0.120. The molecular weight excluding hydrogens is 222 g/mol. The van der Waals surface area contributed by atoms with Gasteiger partial charge in [0.1, 0.15) is 0 Å². The van der Waals surface area contributed by atoms with Gasteiger partial charge < -0.3 is 10.6 Å². The van der Waals surface area contributed by atoms with Crippen LogP contribution in [0.15, 0.2) is 0 Å². The lowest BCUT2D eigenvalue weighted by atomic mass is 10.1. The topological polar surface area (TPSA) is 32.5 Å². The zero-order chi connectivity index (χ0) is 12.8. The van der Waals surface area contributed by atoms with Gasteiger partial charge in [-0.2, -0.15) is 0 Å². The third kappa shape index (κ3) is 4.22. The highest BCUT2D eigenvalue weighted by molar-refractivity contribution is 4.84. The molecule has 0 aromatic carbocycles. The number of hydrogen-bond donors (Lipinski definition) is 1. The molecule has 0 aromatic heterocycles. The van der Waals surface area contributed by atoms with Gasteiger partial charge in [0, 0.05) is 12.6 Å². The molecule has 0 bridgehead atoms. The van der Waals surface area contributed by atoms with Crippen molar-refractivity contribution in [3.63, 3.8) is 0 Å². The van der Waals surface area contributed by atoms with E-state index in [-0.39, 0.29) is 0 Å². The summed E-state index contributed by atoms with van der Waals surface area (Å²) in [4.78, 5) is 5.41. The molecule has 2 aliphatic rings. The van der Waals surface area contributed by atoms with Crippen molar-refractivity contribution in [3.05, 3.63) is 0 Å². The number of nitrogens with zero attached hydrogens (tertiary/aromatic N) is 2. The smallest absolute Gasteiger partial charge is 0.0235 e. The van der Waals surface area contributed by atoms with Gasteiger partial charge in [-0.05, 0) is 70.7 Å². The van der Waals surface area contributed by atoms with Crippen molar-refractivity contribution in [3.8, 4) is 0 Å². The molecule has 2 heterocycles. The fourth-order valence-corrected chi connectivity index (χ4v) is 3.38. The van der Waals surface area contributed by atoms with E-state index in [1.54, 1.807) is 0 Å². The molecule has 106 valence electrons. The van der Waals surface area contributed by atoms with Crippen LogP contribution >= 0.6 is 0 Å². The first-order valence-corrected chi connectivity index (χ1v) is 7.96. The van der Waals surface area contributed by atoms with Crippen LogP contribution in [0.4, 0.5) is 0 Å². The Kier molecular flexibility index (Phi) is 5.93. The average Bonchev–Trinajstić information content (AvgIpc) is 2.88. The van der Waals surface area contributed by atoms with Crippen LogP contribution in [0.1, 0.15) is 45.4 Å². The van der Waals surface area contributed by atoms with E-state index in [0.717, 1.165) is 12.6 Å². The van der Waals surface area contributed by atoms with Gasteiger partial charge in [-0.15, -0.1) is 0 Å². The van der Waals surface area contributed by atoms with Crippen LogP contribution in [-0.4, -0.2) is 55.1 Å². The summed E-state index contributed by atoms with van der Waals surface area (Å²) in [6, 6.07) is 0.859. The molecule has 18 heavy (non-hydrogen) atoms. The molecule has 3 nitrogen and oxygen atoms in total. The maximum atomic E-state index is 5.67. The average molecular weight is 253 g/mol. The lowest BCUT2D eigenvalue weighted by Crippen LogP contribution is -2.40. The van der Waals surface area contributed by atoms with Gasteiger partial charge in [0.05, 0.1) is 0 Å². The number of hydrogen-bond acceptors (Lipinski definition) is 3. The van der Waals surface area contributed by atoms with E-state index in [2.05, 4.69) is 16.7 Å². The third-order valence-electron chi connectivity index (χ3n) is 4.73. The largest absolute Gasteiger partial charge is 0.330 e. The van der Waals surface area contributed by atoms with Crippen LogP contribution in [0.25, 0.3) is 0 Å². The summed E-state index contributed by atoms with van der Waals surface area (Å²) in [5.41, 5.74) is 5.67. The van der Waals surface area contributed by atoms with Crippen LogP contribution in [-0.2, 0) is 0 Å². The van der Waals surface area contributed by atoms with Crippen LogP contribution < -0.4 is 5.73 Å². The summed E-state index contributed by atoms with van der Waals surface area (Å²) in [7, 11) is 0. The van der Waals surface area contributed by atoms with Gasteiger partial charge in [0.2, 0.25) is 0 Å². The minimum absolute atomic E-state index is 0.700. The zero-order valence-corrected chi connectivity index (χ0v) is 12.1. The molecule has 3 heteroatoms.